The molecule has 0 aliphatic heterocycles. The van der Waals surface area contributed by atoms with Crippen molar-refractivity contribution in [1.82, 2.24) is 5.32 Å². The van der Waals surface area contributed by atoms with Crippen LogP contribution >= 0.6 is 0 Å². The lowest BCUT2D eigenvalue weighted by Crippen LogP contribution is -2.37. The minimum atomic E-state index is -0.482. The summed E-state index contributed by atoms with van der Waals surface area (Å²) in [5.74, 6) is 1.42. The molecule has 2 unspecified atom stereocenters. The van der Waals surface area contributed by atoms with Crippen LogP contribution in [0.2, 0.25) is 0 Å². The molecule has 3 heteroatoms. The first-order valence-corrected chi connectivity index (χ1v) is 7.47. The molecule has 0 heterocycles. The molecule has 0 aromatic heterocycles. The van der Waals surface area contributed by atoms with Gasteiger partial charge >= 0.3 is 0 Å². The van der Waals surface area contributed by atoms with Gasteiger partial charge in [0, 0.05) is 6.04 Å². The van der Waals surface area contributed by atoms with Gasteiger partial charge in [-0.15, -0.1) is 0 Å². The van der Waals surface area contributed by atoms with Gasteiger partial charge in [0.05, 0.1) is 13.2 Å². The number of benzene rings is 1. The molecule has 2 N–H and O–H groups in total. The van der Waals surface area contributed by atoms with Crippen LogP contribution in [0.3, 0.4) is 0 Å². The van der Waals surface area contributed by atoms with E-state index in [1.165, 1.54) is 0 Å². The monoisotopic (exact) mass is 279 g/mol. The molecule has 20 heavy (non-hydrogen) atoms. The SMILES string of the molecule is CCC(NCC(C)C)C(O)c1c(C)cc(OC)cc1C. The zero-order chi connectivity index (χ0) is 15.3. The molecule has 1 rings (SSSR count). The van der Waals surface area contributed by atoms with Crippen LogP contribution in [-0.4, -0.2) is 24.8 Å². The van der Waals surface area contributed by atoms with Crippen LogP contribution in [0.5, 0.6) is 5.75 Å². The van der Waals surface area contributed by atoms with Crippen molar-refractivity contribution in [3.05, 3.63) is 28.8 Å². The Kier molecular flexibility index (Phi) is 6.50. The van der Waals surface area contributed by atoms with Crippen molar-refractivity contribution in [2.75, 3.05) is 13.7 Å². The third-order valence-corrected chi connectivity index (χ3v) is 3.71. The number of hydrogen-bond acceptors (Lipinski definition) is 3. The molecular weight excluding hydrogens is 250 g/mol. The molecule has 0 radical (unpaired) electrons. The summed E-state index contributed by atoms with van der Waals surface area (Å²) in [5, 5.41) is 14.2. The molecule has 0 saturated heterocycles. The Morgan fingerprint density at radius 1 is 1.20 bits per heavy atom. The maximum atomic E-state index is 10.7. The lowest BCUT2D eigenvalue weighted by molar-refractivity contribution is 0.123. The third-order valence-electron chi connectivity index (χ3n) is 3.71. The number of aliphatic hydroxyl groups is 1. The molecule has 0 spiro atoms. The maximum Gasteiger partial charge on any atom is 0.119 e. The lowest BCUT2D eigenvalue weighted by Gasteiger charge is -2.27. The first-order valence-electron chi connectivity index (χ1n) is 7.47. The van der Waals surface area contributed by atoms with E-state index in [0.717, 1.165) is 35.4 Å². The van der Waals surface area contributed by atoms with E-state index in [1.54, 1.807) is 7.11 Å². The number of aliphatic hydroxyl groups excluding tert-OH is 1. The first-order chi connectivity index (χ1) is 9.40. The summed E-state index contributed by atoms with van der Waals surface area (Å²) in [4.78, 5) is 0. The molecule has 1 aromatic carbocycles. The standard InChI is InChI=1S/C17H29NO2/c1-7-15(18-10-11(2)3)17(19)16-12(4)8-14(20-6)9-13(16)5/h8-9,11,15,17-19H,7,10H2,1-6H3. The highest BCUT2D eigenvalue weighted by molar-refractivity contribution is 5.42. The van der Waals surface area contributed by atoms with Crippen LogP contribution in [0, 0.1) is 19.8 Å². The second-order valence-corrected chi connectivity index (χ2v) is 5.94. The van der Waals surface area contributed by atoms with Gasteiger partial charge in [-0.2, -0.15) is 0 Å². The quantitative estimate of drug-likeness (QED) is 0.804. The van der Waals surface area contributed by atoms with Gasteiger partial charge < -0.3 is 15.2 Å². The molecule has 0 amide bonds. The minimum absolute atomic E-state index is 0.0863. The minimum Gasteiger partial charge on any atom is -0.497 e. The van der Waals surface area contributed by atoms with Gasteiger partial charge in [0.1, 0.15) is 5.75 Å². The zero-order valence-electron chi connectivity index (χ0n) is 13.7. The van der Waals surface area contributed by atoms with Crippen LogP contribution < -0.4 is 10.1 Å². The Bertz CT molecular complexity index is 406. The number of nitrogens with one attached hydrogen (secondary N) is 1. The number of rotatable bonds is 7. The van der Waals surface area contributed by atoms with Gasteiger partial charge in [-0.05, 0) is 61.6 Å². The zero-order valence-corrected chi connectivity index (χ0v) is 13.7. The number of ether oxygens (including phenoxy) is 1. The van der Waals surface area contributed by atoms with Gasteiger partial charge in [-0.3, -0.25) is 0 Å². The second-order valence-electron chi connectivity index (χ2n) is 5.94. The van der Waals surface area contributed by atoms with Crippen molar-refractivity contribution in [2.45, 2.75) is 53.2 Å². The van der Waals surface area contributed by atoms with E-state index in [4.69, 9.17) is 4.74 Å². The van der Waals surface area contributed by atoms with Crippen molar-refractivity contribution in [3.63, 3.8) is 0 Å². The van der Waals surface area contributed by atoms with Crippen molar-refractivity contribution in [2.24, 2.45) is 5.92 Å². The smallest absolute Gasteiger partial charge is 0.119 e. The Labute approximate surface area is 123 Å². The molecule has 114 valence electrons. The van der Waals surface area contributed by atoms with E-state index in [9.17, 15) is 5.11 Å². The molecule has 0 aliphatic rings. The predicted octanol–water partition coefficient (Wildman–Crippen LogP) is 3.37. The topological polar surface area (TPSA) is 41.5 Å². The van der Waals surface area contributed by atoms with E-state index < -0.39 is 6.10 Å². The van der Waals surface area contributed by atoms with Crippen molar-refractivity contribution < 1.29 is 9.84 Å². The van der Waals surface area contributed by atoms with Crippen LogP contribution in [0.25, 0.3) is 0 Å². The van der Waals surface area contributed by atoms with Crippen LogP contribution in [0.1, 0.15) is 50.0 Å². The fourth-order valence-electron chi connectivity index (χ4n) is 2.59. The van der Waals surface area contributed by atoms with Gasteiger partial charge in [0.15, 0.2) is 0 Å². The summed E-state index contributed by atoms with van der Waals surface area (Å²) in [6.45, 7) is 11.4. The van der Waals surface area contributed by atoms with E-state index in [2.05, 4.69) is 26.1 Å². The first kappa shape index (κ1) is 17.0. The van der Waals surface area contributed by atoms with Gasteiger partial charge in [0.25, 0.3) is 0 Å². The average molecular weight is 279 g/mol. The Morgan fingerprint density at radius 2 is 1.75 bits per heavy atom. The summed E-state index contributed by atoms with van der Waals surface area (Å²) in [6.07, 6.45) is 0.420. The van der Waals surface area contributed by atoms with Crippen LogP contribution in [-0.2, 0) is 0 Å². The fraction of sp³-hybridized carbons (Fsp3) is 0.647. The van der Waals surface area contributed by atoms with E-state index >= 15 is 0 Å². The summed E-state index contributed by atoms with van der Waals surface area (Å²) in [7, 11) is 1.67. The summed E-state index contributed by atoms with van der Waals surface area (Å²) in [5.41, 5.74) is 3.19. The summed E-state index contributed by atoms with van der Waals surface area (Å²) >= 11 is 0. The molecule has 3 nitrogen and oxygen atoms in total. The predicted molar refractivity (Wildman–Crippen MR) is 84.3 cm³/mol. The lowest BCUT2D eigenvalue weighted by atomic mass is 9.92. The van der Waals surface area contributed by atoms with E-state index in [-0.39, 0.29) is 6.04 Å². The number of hydrogen-bond donors (Lipinski definition) is 2. The third kappa shape index (κ3) is 4.22. The average Bonchev–Trinajstić information content (AvgIpc) is 2.38. The van der Waals surface area contributed by atoms with Crippen molar-refractivity contribution >= 4 is 0 Å². The summed E-state index contributed by atoms with van der Waals surface area (Å²) in [6, 6.07) is 4.06. The largest absolute Gasteiger partial charge is 0.497 e. The summed E-state index contributed by atoms with van der Waals surface area (Å²) < 4.78 is 5.28. The van der Waals surface area contributed by atoms with E-state index in [1.807, 2.05) is 26.0 Å². The molecule has 0 aliphatic carbocycles. The van der Waals surface area contributed by atoms with E-state index in [0.29, 0.717) is 5.92 Å². The second kappa shape index (κ2) is 7.65. The molecule has 0 saturated carbocycles. The Hall–Kier alpha value is -1.06. The van der Waals surface area contributed by atoms with Crippen LogP contribution in [0.15, 0.2) is 12.1 Å². The Morgan fingerprint density at radius 3 is 2.15 bits per heavy atom. The molecular formula is C17H29NO2. The highest BCUT2D eigenvalue weighted by atomic mass is 16.5. The molecule has 2 atom stereocenters. The molecule has 1 aromatic rings. The van der Waals surface area contributed by atoms with Gasteiger partial charge in [-0.1, -0.05) is 20.8 Å². The highest BCUT2D eigenvalue weighted by Gasteiger charge is 2.22. The number of aryl methyl sites for hydroxylation is 2. The highest BCUT2D eigenvalue weighted by Crippen LogP contribution is 2.29. The fourth-order valence-corrected chi connectivity index (χ4v) is 2.59. The van der Waals surface area contributed by atoms with Crippen molar-refractivity contribution in [1.29, 1.82) is 0 Å². The van der Waals surface area contributed by atoms with Crippen LogP contribution in [0.4, 0.5) is 0 Å². The molecule has 0 fully saturated rings. The van der Waals surface area contributed by atoms with Crippen molar-refractivity contribution in [3.8, 4) is 5.75 Å². The normalized spacial score (nSPS) is 14.4. The van der Waals surface area contributed by atoms with Gasteiger partial charge in [-0.25, -0.2) is 0 Å². The molecule has 0 bridgehead atoms. The Balaban J connectivity index is 2.97. The number of methoxy groups -OCH3 is 1. The van der Waals surface area contributed by atoms with Gasteiger partial charge in [0.2, 0.25) is 0 Å². The maximum absolute atomic E-state index is 10.7.